The van der Waals surface area contributed by atoms with Gasteiger partial charge in [-0.05, 0) is 60.5 Å². The second-order valence-corrected chi connectivity index (χ2v) is 8.74. The molecule has 0 saturated carbocycles. The summed E-state index contributed by atoms with van der Waals surface area (Å²) in [4.78, 5) is 52.8. The summed E-state index contributed by atoms with van der Waals surface area (Å²) in [5.74, 6) is -1.43. The van der Waals surface area contributed by atoms with Crippen LogP contribution in [-0.2, 0) is 9.59 Å². The summed E-state index contributed by atoms with van der Waals surface area (Å²) < 4.78 is 18.2. The minimum absolute atomic E-state index is 0.0406. The third-order valence-corrected chi connectivity index (χ3v) is 6.39. The summed E-state index contributed by atoms with van der Waals surface area (Å²) in [7, 11) is 0. The Morgan fingerprint density at radius 2 is 2.00 bits per heavy atom. The number of nitrogens with one attached hydrogen (secondary N) is 1. The molecule has 1 N–H and O–H groups in total. The van der Waals surface area contributed by atoms with Gasteiger partial charge in [-0.25, -0.2) is 4.39 Å². The van der Waals surface area contributed by atoms with Gasteiger partial charge < -0.3 is 14.6 Å². The lowest BCUT2D eigenvalue weighted by Gasteiger charge is -2.31. The summed E-state index contributed by atoms with van der Waals surface area (Å²) in [6.07, 6.45) is 4.31. The zero-order valence-electron chi connectivity index (χ0n) is 17.7. The Bertz CT molecular complexity index is 1080. The number of nitrogens with zero attached hydrogens (tertiary/aromatic N) is 2. The first-order chi connectivity index (χ1) is 15.9. The lowest BCUT2D eigenvalue weighted by Crippen LogP contribution is -2.46. The standard InChI is InChI=1S/C23H22FN3O5S/c24-17-7-5-15(6-8-17)13-19-22(30)27(23(31)33-19)11-9-25-20(28)16-3-1-10-26(14-16)21(29)18-4-2-12-32-18/h2,4-8,12-13,16H,1,3,9-11,14H2,(H,25,28)/b19-13-. The molecule has 2 fully saturated rings. The smallest absolute Gasteiger partial charge is 0.293 e. The molecule has 4 amide bonds. The molecule has 172 valence electrons. The van der Waals surface area contributed by atoms with Crippen molar-refractivity contribution in [1.29, 1.82) is 0 Å². The van der Waals surface area contributed by atoms with Crippen molar-refractivity contribution in [3.63, 3.8) is 0 Å². The zero-order chi connectivity index (χ0) is 23.4. The van der Waals surface area contributed by atoms with E-state index in [1.54, 1.807) is 17.0 Å². The van der Waals surface area contributed by atoms with Crippen molar-refractivity contribution in [3.8, 4) is 0 Å². The number of carbonyl (C=O) groups is 4. The van der Waals surface area contributed by atoms with Crippen LogP contribution in [0.15, 0.2) is 52.0 Å². The fourth-order valence-electron chi connectivity index (χ4n) is 3.77. The molecular weight excluding hydrogens is 449 g/mol. The van der Waals surface area contributed by atoms with Gasteiger partial charge in [0.2, 0.25) is 5.91 Å². The van der Waals surface area contributed by atoms with Crippen LogP contribution in [0.5, 0.6) is 0 Å². The Balaban J connectivity index is 1.28. The molecule has 0 radical (unpaired) electrons. The predicted octanol–water partition coefficient (Wildman–Crippen LogP) is 3.12. The third kappa shape index (κ3) is 5.33. The Hall–Kier alpha value is -3.40. The molecule has 0 spiro atoms. The van der Waals surface area contributed by atoms with Crippen LogP contribution in [0.1, 0.15) is 29.0 Å². The van der Waals surface area contributed by atoms with Gasteiger partial charge >= 0.3 is 0 Å². The van der Waals surface area contributed by atoms with Gasteiger partial charge in [-0.2, -0.15) is 0 Å². The zero-order valence-corrected chi connectivity index (χ0v) is 18.5. The number of imide groups is 1. The van der Waals surface area contributed by atoms with E-state index in [1.165, 1.54) is 36.6 Å². The van der Waals surface area contributed by atoms with Gasteiger partial charge in [0.15, 0.2) is 5.76 Å². The Kier molecular flexibility index (Phi) is 6.93. The molecule has 1 aromatic heterocycles. The third-order valence-electron chi connectivity index (χ3n) is 5.49. The van der Waals surface area contributed by atoms with Crippen molar-refractivity contribution in [2.45, 2.75) is 12.8 Å². The number of halogens is 1. The van der Waals surface area contributed by atoms with Crippen LogP contribution in [0.25, 0.3) is 6.08 Å². The van der Waals surface area contributed by atoms with Crippen molar-refractivity contribution < 1.29 is 28.0 Å². The molecule has 1 unspecified atom stereocenters. The fourth-order valence-corrected chi connectivity index (χ4v) is 4.64. The van der Waals surface area contributed by atoms with Crippen LogP contribution >= 0.6 is 11.8 Å². The summed E-state index contributed by atoms with van der Waals surface area (Å²) in [6, 6.07) is 8.83. The first-order valence-corrected chi connectivity index (χ1v) is 11.4. The van der Waals surface area contributed by atoms with Crippen LogP contribution in [-0.4, -0.2) is 58.9 Å². The number of benzene rings is 1. The number of rotatable bonds is 6. The van der Waals surface area contributed by atoms with Crippen molar-refractivity contribution >= 4 is 40.8 Å². The molecule has 33 heavy (non-hydrogen) atoms. The van der Waals surface area contributed by atoms with Gasteiger partial charge in [-0.1, -0.05) is 12.1 Å². The topological polar surface area (TPSA) is 99.9 Å². The van der Waals surface area contributed by atoms with E-state index < -0.39 is 11.1 Å². The Labute approximate surface area is 193 Å². The number of piperidine rings is 1. The van der Waals surface area contributed by atoms with Crippen LogP contribution in [0.3, 0.4) is 0 Å². The highest BCUT2D eigenvalue weighted by molar-refractivity contribution is 8.18. The van der Waals surface area contributed by atoms with Gasteiger partial charge in [0.1, 0.15) is 5.82 Å². The molecular formula is C23H22FN3O5S. The number of hydrogen-bond acceptors (Lipinski definition) is 6. The van der Waals surface area contributed by atoms with E-state index in [4.69, 9.17) is 4.42 Å². The quantitative estimate of drug-likeness (QED) is 0.650. The Morgan fingerprint density at radius 3 is 2.73 bits per heavy atom. The van der Waals surface area contributed by atoms with Gasteiger partial charge in [-0.15, -0.1) is 0 Å². The fraction of sp³-hybridized carbons (Fsp3) is 0.304. The maximum Gasteiger partial charge on any atom is 0.293 e. The summed E-state index contributed by atoms with van der Waals surface area (Å²) in [5.41, 5.74) is 0.612. The minimum atomic E-state index is -0.448. The lowest BCUT2D eigenvalue weighted by molar-refractivity contribution is -0.127. The molecule has 3 heterocycles. The summed E-state index contributed by atoms with van der Waals surface area (Å²) in [6.45, 7) is 0.996. The van der Waals surface area contributed by atoms with Gasteiger partial charge in [0.05, 0.1) is 17.1 Å². The summed E-state index contributed by atoms with van der Waals surface area (Å²) in [5, 5.41) is 2.35. The molecule has 0 bridgehead atoms. The van der Waals surface area contributed by atoms with E-state index in [1.807, 2.05) is 0 Å². The maximum absolute atomic E-state index is 13.1. The number of thioether (sulfide) groups is 1. The van der Waals surface area contributed by atoms with Crippen molar-refractivity contribution in [2.24, 2.45) is 5.92 Å². The molecule has 1 atom stereocenters. The maximum atomic E-state index is 13.1. The van der Waals surface area contributed by atoms with Crippen LogP contribution in [0.2, 0.25) is 0 Å². The highest BCUT2D eigenvalue weighted by Gasteiger charge is 2.35. The van der Waals surface area contributed by atoms with E-state index in [9.17, 15) is 23.6 Å². The highest BCUT2D eigenvalue weighted by atomic mass is 32.2. The number of hydrogen-bond donors (Lipinski definition) is 1. The summed E-state index contributed by atoms with van der Waals surface area (Å²) >= 11 is 0.809. The van der Waals surface area contributed by atoms with E-state index in [-0.39, 0.29) is 53.8 Å². The molecule has 2 aliphatic rings. The molecule has 2 aliphatic heterocycles. The number of likely N-dealkylation sites (tertiary alicyclic amines) is 1. The van der Waals surface area contributed by atoms with Crippen LogP contribution in [0.4, 0.5) is 9.18 Å². The highest BCUT2D eigenvalue weighted by Crippen LogP contribution is 2.32. The first-order valence-electron chi connectivity index (χ1n) is 10.5. The van der Waals surface area contributed by atoms with Gasteiger partial charge in [0, 0.05) is 26.2 Å². The average molecular weight is 472 g/mol. The number of amides is 4. The average Bonchev–Trinajstić information content (AvgIpc) is 3.44. The normalized spacial score (nSPS) is 19.9. The SMILES string of the molecule is O=C(NCCN1C(=O)S/C(=C\c2ccc(F)cc2)C1=O)C1CCCN(C(=O)c2ccco2)C1. The number of furan rings is 1. The van der Waals surface area contributed by atoms with E-state index in [2.05, 4.69) is 5.32 Å². The monoisotopic (exact) mass is 471 g/mol. The molecule has 1 aromatic carbocycles. The van der Waals surface area contributed by atoms with Crippen molar-refractivity contribution in [1.82, 2.24) is 15.1 Å². The molecule has 10 heteroatoms. The molecule has 0 aliphatic carbocycles. The molecule has 8 nitrogen and oxygen atoms in total. The Morgan fingerprint density at radius 1 is 1.21 bits per heavy atom. The number of carbonyl (C=O) groups excluding carboxylic acids is 4. The van der Waals surface area contributed by atoms with E-state index in [0.29, 0.717) is 24.9 Å². The van der Waals surface area contributed by atoms with E-state index in [0.717, 1.165) is 16.7 Å². The molecule has 2 aromatic rings. The van der Waals surface area contributed by atoms with Gasteiger partial charge in [0.25, 0.3) is 17.1 Å². The van der Waals surface area contributed by atoms with Crippen LogP contribution in [0, 0.1) is 11.7 Å². The second kappa shape index (κ2) is 10.0. The molecule has 4 rings (SSSR count). The van der Waals surface area contributed by atoms with Crippen molar-refractivity contribution in [2.75, 3.05) is 26.2 Å². The largest absolute Gasteiger partial charge is 0.459 e. The second-order valence-electron chi connectivity index (χ2n) is 7.74. The van der Waals surface area contributed by atoms with Crippen LogP contribution < -0.4 is 5.32 Å². The first kappa shape index (κ1) is 22.8. The lowest BCUT2D eigenvalue weighted by atomic mass is 9.97. The molecule has 2 saturated heterocycles. The van der Waals surface area contributed by atoms with Gasteiger partial charge in [-0.3, -0.25) is 24.1 Å². The van der Waals surface area contributed by atoms with E-state index >= 15 is 0 Å². The minimum Gasteiger partial charge on any atom is -0.459 e. The predicted molar refractivity (Wildman–Crippen MR) is 119 cm³/mol. The van der Waals surface area contributed by atoms with Crippen molar-refractivity contribution in [3.05, 3.63) is 64.7 Å².